The molecule has 0 radical (unpaired) electrons. The Bertz CT molecular complexity index is 1290. The molecule has 4 nitrogen and oxygen atoms in total. The fourth-order valence-corrected chi connectivity index (χ4v) is 8.95. The van der Waals surface area contributed by atoms with Crippen LogP contribution in [0.4, 0.5) is 0 Å². The van der Waals surface area contributed by atoms with Crippen LogP contribution >= 0.6 is 7.26 Å². The number of halogens is 1. The van der Waals surface area contributed by atoms with Crippen molar-refractivity contribution in [2.45, 2.75) is 33.4 Å². The molecule has 0 fully saturated rings. The summed E-state index contributed by atoms with van der Waals surface area (Å²) >= 11 is 0. The summed E-state index contributed by atoms with van der Waals surface area (Å²) in [6, 6.07) is 36.9. The number of ether oxygens (including phenoxy) is 2. The Hall–Kier alpha value is -3.27. The van der Waals surface area contributed by atoms with E-state index in [-0.39, 0.29) is 46.1 Å². The highest BCUT2D eigenvalue weighted by Gasteiger charge is 2.46. The molecule has 0 aliphatic rings. The van der Waals surface area contributed by atoms with E-state index in [0.29, 0.717) is 6.16 Å². The van der Waals surface area contributed by atoms with Crippen LogP contribution in [0, 0.1) is 5.41 Å². The molecule has 0 aromatic heterocycles. The zero-order valence-electron chi connectivity index (χ0n) is 22.8. The van der Waals surface area contributed by atoms with Crippen molar-refractivity contribution < 1.29 is 36.0 Å². The number of hydrogen-bond acceptors (Lipinski definition) is 4. The molecular formula is C33H34BrO4P. The number of methoxy groups -OCH3 is 1. The molecule has 0 saturated heterocycles. The van der Waals surface area contributed by atoms with Crippen LogP contribution in [0.5, 0.6) is 5.75 Å². The van der Waals surface area contributed by atoms with Crippen molar-refractivity contribution >= 4 is 35.1 Å². The molecule has 0 aliphatic heterocycles. The third-order valence-electron chi connectivity index (χ3n) is 6.39. The molecule has 0 atom stereocenters. The molecule has 202 valence electrons. The summed E-state index contributed by atoms with van der Waals surface area (Å²) in [6.07, 6.45) is 0.784. The van der Waals surface area contributed by atoms with Gasteiger partial charge in [0.25, 0.3) is 0 Å². The van der Waals surface area contributed by atoms with Gasteiger partial charge in [-0.3, -0.25) is 4.79 Å². The summed E-state index contributed by atoms with van der Waals surface area (Å²) < 4.78 is 11.1. The molecule has 0 amide bonds. The van der Waals surface area contributed by atoms with E-state index >= 15 is 0 Å². The largest absolute Gasteiger partial charge is 1.00 e. The van der Waals surface area contributed by atoms with E-state index in [2.05, 4.69) is 72.8 Å². The number of carbonyl (C=O) groups is 2. The highest BCUT2D eigenvalue weighted by atomic mass is 79.9. The van der Waals surface area contributed by atoms with Gasteiger partial charge in [-0.15, -0.1) is 0 Å². The van der Waals surface area contributed by atoms with Crippen molar-refractivity contribution in [3.05, 3.63) is 120 Å². The quantitative estimate of drug-likeness (QED) is 0.176. The van der Waals surface area contributed by atoms with Crippen LogP contribution < -0.4 is 37.6 Å². The summed E-state index contributed by atoms with van der Waals surface area (Å²) in [7, 11) is -0.950. The van der Waals surface area contributed by atoms with E-state index in [9.17, 15) is 9.59 Å². The van der Waals surface area contributed by atoms with Gasteiger partial charge < -0.3 is 26.5 Å². The molecule has 6 heteroatoms. The number of para-hydroxylation sites is 1. The third-order valence-corrected chi connectivity index (χ3v) is 10.7. The molecule has 4 aromatic carbocycles. The first-order valence-electron chi connectivity index (χ1n) is 12.7. The molecule has 0 N–H and O–H groups in total. The lowest BCUT2D eigenvalue weighted by molar-refractivity contribution is -0.136. The molecule has 0 saturated carbocycles. The zero-order chi connectivity index (χ0) is 27.2. The third kappa shape index (κ3) is 7.03. The topological polar surface area (TPSA) is 52.6 Å². The molecule has 0 unspecified atom stereocenters. The smallest absolute Gasteiger partial charge is 0.341 e. The predicted molar refractivity (Wildman–Crippen MR) is 156 cm³/mol. The minimum absolute atomic E-state index is 0. The molecule has 39 heavy (non-hydrogen) atoms. The molecule has 0 bridgehead atoms. The minimum atomic E-state index is -2.29. The highest BCUT2D eigenvalue weighted by molar-refractivity contribution is 7.95. The Morgan fingerprint density at radius 2 is 1.15 bits per heavy atom. The number of rotatable bonds is 8. The fraction of sp³-hybridized carbons (Fsp3) is 0.212. The van der Waals surface area contributed by atoms with Crippen LogP contribution in [0.3, 0.4) is 0 Å². The van der Waals surface area contributed by atoms with Gasteiger partial charge in [0, 0.05) is 5.56 Å². The molecule has 0 aliphatic carbocycles. The van der Waals surface area contributed by atoms with E-state index in [1.54, 1.807) is 6.07 Å². The van der Waals surface area contributed by atoms with Crippen molar-refractivity contribution in [3.8, 4) is 5.75 Å². The molecular weight excluding hydrogens is 571 g/mol. The zero-order valence-corrected chi connectivity index (χ0v) is 25.2. The average molecular weight is 606 g/mol. The Morgan fingerprint density at radius 3 is 1.56 bits per heavy atom. The minimum Gasteiger partial charge on any atom is -1.00 e. The number of esters is 2. The normalized spacial score (nSPS) is 11.3. The van der Waals surface area contributed by atoms with Gasteiger partial charge in [-0.1, -0.05) is 87.5 Å². The van der Waals surface area contributed by atoms with Crippen LogP contribution in [-0.2, 0) is 15.7 Å². The van der Waals surface area contributed by atoms with Crippen LogP contribution in [0.1, 0.15) is 43.1 Å². The van der Waals surface area contributed by atoms with Crippen molar-refractivity contribution in [3.63, 3.8) is 0 Å². The summed E-state index contributed by atoms with van der Waals surface area (Å²) in [5.74, 6) is -0.632. The maximum atomic E-state index is 13.1. The van der Waals surface area contributed by atoms with Crippen LogP contribution in [-0.4, -0.2) is 19.0 Å². The second kappa shape index (κ2) is 13.2. The van der Waals surface area contributed by atoms with Gasteiger partial charge >= 0.3 is 11.9 Å². The van der Waals surface area contributed by atoms with E-state index in [1.807, 2.05) is 51.1 Å². The average Bonchev–Trinajstić information content (AvgIpc) is 2.92. The van der Waals surface area contributed by atoms with Gasteiger partial charge in [0.2, 0.25) is 0 Å². The van der Waals surface area contributed by atoms with Crippen LogP contribution in [0.2, 0.25) is 0 Å². The number of carbonyl (C=O) groups excluding carboxylic acids is 2. The van der Waals surface area contributed by atoms with Crippen molar-refractivity contribution in [1.82, 2.24) is 0 Å². The van der Waals surface area contributed by atoms with Gasteiger partial charge in [-0.2, -0.15) is 0 Å². The first-order valence-corrected chi connectivity index (χ1v) is 14.7. The predicted octanol–water partition coefficient (Wildman–Crippen LogP) is 3.31. The van der Waals surface area contributed by atoms with Crippen molar-refractivity contribution in [2.75, 3.05) is 7.11 Å². The Kier molecular flexibility index (Phi) is 10.2. The summed E-state index contributed by atoms with van der Waals surface area (Å²) in [5.41, 5.74) is 0.784. The molecule has 4 rings (SSSR count). The lowest BCUT2D eigenvalue weighted by atomic mass is 9.92. The van der Waals surface area contributed by atoms with E-state index in [4.69, 9.17) is 9.47 Å². The van der Waals surface area contributed by atoms with Gasteiger partial charge in [0.05, 0.1) is 13.5 Å². The number of hydrogen-bond donors (Lipinski definition) is 0. The standard InChI is InChI=1S/C33H34O4P.BrH/c1-33(2,3)23-30(34)37-31-25(15-14-22-29(31)32(35)36-4)24-38(26-16-8-5-9-17-26,27-18-10-6-11-19-27)28-20-12-7-13-21-28;/h5-22H,23-24H2,1-4H3;1H/q+1;/p-1. The van der Waals surface area contributed by atoms with Crippen LogP contribution in [0.15, 0.2) is 109 Å². The maximum Gasteiger partial charge on any atom is 0.341 e. The maximum absolute atomic E-state index is 13.1. The lowest BCUT2D eigenvalue weighted by Crippen LogP contribution is -3.00. The Morgan fingerprint density at radius 1 is 0.692 bits per heavy atom. The van der Waals surface area contributed by atoms with Crippen molar-refractivity contribution in [2.24, 2.45) is 5.41 Å². The molecule has 0 heterocycles. The fourth-order valence-electron chi connectivity index (χ4n) is 4.71. The highest BCUT2D eigenvalue weighted by Crippen LogP contribution is 2.59. The van der Waals surface area contributed by atoms with E-state index in [1.165, 1.54) is 23.0 Å². The number of benzene rings is 4. The van der Waals surface area contributed by atoms with E-state index < -0.39 is 13.2 Å². The monoisotopic (exact) mass is 604 g/mol. The van der Waals surface area contributed by atoms with Gasteiger partial charge in [-0.25, -0.2) is 4.79 Å². The lowest BCUT2D eigenvalue weighted by Gasteiger charge is -2.28. The second-order valence-electron chi connectivity index (χ2n) is 10.5. The van der Waals surface area contributed by atoms with Gasteiger partial charge in [-0.05, 0) is 47.9 Å². The Labute approximate surface area is 242 Å². The van der Waals surface area contributed by atoms with Crippen LogP contribution in [0.25, 0.3) is 0 Å². The summed E-state index contributed by atoms with van der Waals surface area (Å²) in [4.78, 5) is 25.9. The van der Waals surface area contributed by atoms with E-state index in [0.717, 1.165) is 5.56 Å². The molecule has 0 spiro atoms. The SMILES string of the molecule is COC(=O)c1cccc(C[P+](c2ccccc2)(c2ccccc2)c2ccccc2)c1OC(=O)CC(C)(C)C.[Br-]. The summed E-state index contributed by atoms with van der Waals surface area (Å²) in [5, 5.41) is 3.61. The Balaban J connectivity index is 0.00000420. The van der Waals surface area contributed by atoms with Gasteiger partial charge in [0.1, 0.15) is 34.9 Å². The first-order chi connectivity index (χ1) is 18.2. The van der Waals surface area contributed by atoms with Crippen molar-refractivity contribution in [1.29, 1.82) is 0 Å². The second-order valence-corrected chi connectivity index (χ2v) is 14.0. The summed E-state index contributed by atoms with van der Waals surface area (Å²) in [6.45, 7) is 5.95. The first kappa shape index (κ1) is 30.3. The van der Waals surface area contributed by atoms with Gasteiger partial charge in [0.15, 0.2) is 5.75 Å². The molecule has 4 aromatic rings.